The maximum Gasteiger partial charge on any atom is 0.231 e. The third-order valence-corrected chi connectivity index (χ3v) is 2.79. The highest BCUT2D eigenvalue weighted by Gasteiger charge is 2.19. The summed E-state index contributed by atoms with van der Waals surface area (Å²) >= 11 is 3.26. The Morgan fingerprint density at radius 3 is 2.75 bits per heavy atom. The molecule has 0 unspecified atom stereocenters. The fourth-order valence-electron chi connectivity index (χ4n) is 1.36. The van der Waals surface area contributed by atoms with E-state index in [1.807, 2.05) is 0 Å². The Morgan fingerprint density at radius 2 is 2.12 bits per heavy atom. The maximum atomic E-state index is 12.1. The summed E-state index contributed by atoms with van der Waals surface area (Å²) in [6, 6.07) is 3.39. The summed E-state index contributed by atoms with van der Waals surface area (Å²) in [5, 5.41) is 7.79. The Balaban J connectivity index is 2.49. The number of rotatable bonds is 2. The van der Waals surface area contributed by atoms with Crippen molar-refractivity contribution in [1.82, 2.24) is 10.2 Å². The van der Waals surface area contributed by atoms with Crippen LogP contribution >= 0.6 is 15.9 Å². The quantitative estimate of drug-likeness (QED) is 0.794. The Labute approximate surface area is 101 Å². The number of carbonyl (C=O) groups excluding carboxylic acids is 1. The zero-order valence-corrected chi connectivity index (χ0v) is 10.4. The van der Waals surface area contributed by atoms with E-state index >= 15 is 0 Å². The molecule has 0 spiro atoms. The molecule has 16 heavy (non-hydrogen) atoms. The van der Waals surface area contributed by atoms with Gasteiger partial charge in [0.1, 0.15) is 0 Å². The van der Waals surface area contributed by atoms with Crippen molar-refractivity contribution in [3.8, 4) is 0 Å². The number of furan rings is 1. The fourth-order valence-corrected chi connectivity index (χ4v) is 1.74. The zero-order chi connectivity index (χ0) is 11.7. The Bertz CT molecular complexity index is 549. The molecule has 5 heteroatoms. The van der Waals surface area contributed by atoms with Crippen LogP contribution < -0.4 is 0 Å². The van der Waals surface area contributed by atoms with Gasteiger partial charge >= 0.3 is 0 Å². The van der Waals surface area contributed by atoms with Crippen molar-refractivity contribution in [2.75, 3.05) is 0 Å². The molecule has 0 saturated carbocycles. The minimum absolute atomic E-state index is 0.188. The van der Waals surface area contributed by atoms with E-state index in [-0.39, 0.29) is 11.5 Å². The lowest BCUT2D eigenvalue weighted by molar-refractivity contribution is 0.101. The van der Waals surface area contributed by atoms with Crippen LogP contribution in [0.4, 0.5) is 0 Å². The van der Waals surface area contributed by atoms with Gasteiger partial charge in [-0.3, -0.25) is 4.79 Å². The van der Waals surface area contributed by atoms with Crippen molar-refractivity contribution in [1.29, 1.82) is 0 Å². The molecule has 0 bridgehead atoms. The molecule has 0 N–H and O–H groups in total. The normalized spacial score (nSPS) is 10.4. The van der Waals surface area contributed by atoms with Crippen LogP contribution in [0.15, 0.2) is 27.3 Å². The topological polar surface area (TPSA) is 56.0 Å². The Hall–Kier alpha value is -1.49. The second-order valence-corrected chi connectivity index (χ2v) is 4.27. The molecular weight excluding hydrogens is 272 g/mol. The van der Waals surface area contributed by atoms with Crippen LogP contribution in [-0.2, 0) is 0 Å². The maximum absolute atomic E-state index is 12.1. The van der Waals surface area contributed by atoms with Gasteiger partial charge in [0.25, 0.3) is 0 Å². The summed E-state index contributed by atoms with van der Waals surface area (Å²) in [7, 11) is 0. The molecule has 2 aromatic heterocycles. The van der Waals surface area contributed by atoms with Crippen molar-refractivity contribution in [2.24, 2.45) is 0 Å². The van der Waals surface area contributed by atoms with E-state index in [2.05, 4.69) is 26.1 Å². The van der Waals surface area contributed by atoms with Crippen LogP contribution in [0.1, 0.15) is 27.5 Å². The van der Waals surface area contributed by atoms with Gasteiger partial charge in [0.2, 0.25) is 5.78 Å². The molecule has 0 radical (unpaired) electrons. The molecule has 0 aliphatic rings. The van der Waals surface area contributed by atoms with Gasteiger partial charge in [0, 0.05) is 0 Å². The molecule has 0 aliphatic heterocycles. The zero-order valence-electron chi connectivity index (χ0n) is 8.82. The molecule has 0 amide bonds. The largest absolute Gasteiger partial charge is 0.460 e. The summed E-state index contributed by atoms with van der Waals surface area (Å²) in [5.41, 5.74) is 1.82. The standard InChI is InChI=1S/C11H9BrN2O2/c1-6-5-8(7(2)14-13-6)10(15)11-9(12)3-4-16-11/h3-5H,1-2H3. The molecule has 2 aromatic rings. The van der Waals surface area contributed by atoms with Gasteiger partial charge in [-0.2, -0.15) is 10.2 Å². The summed E-state index contributed by atoms with van der Waals surface area (Å²) < 4.78 is 5.78. The molecule has 0 atom stereocenters. The van der Waals surface area contributed by atoms with Crippen LogP contribution in [0.25, 0.3) is 0 Å². The summed E-state index contributed by atoms with van der Waals surface area (Å²) in [4.78, 5) is 12.1. The van der Waals surface area contributed by atoms with Crippen LogP contribution in [0.5, 0.6) is 0 Å². The second-order valence-electron chi connectivity index (χ2n) is 3.41. The van der Waals surface area contributed by atoms with Crippen molar-refractivity contribution in [3.05, 3.63) is 45.6 Å². The lowest BCUT2D eigenvalue weighted by atomic mass is 10.1. The van der Waals surface area contributed by atoms with E-state index in [1.165, 1.54) is 6.26 Å². The number of aromatic nitrogens is 2. The number of carbonyl (C=O) groups is 1. The van der Waals surface area contributed by atoms with Gasteiger partial charge in [-0.05, 0) is 41.9 Å². The number of hydrogen-bond acceptors (Lipinski definition) is 4. The minimum atomic E-state index is -0.188. The van der Waals surface area contributed by atoms with Gasteiger partial charge in [0.15, 0.2) is 5.76 Å². The van der Waals surface area contributed by atoms with Gasteiger partial charge in [-0.15, -0.1) is 0 Å². The Morgan fingerprint density at radius 1 is 1.38 bits per heavy atom. The molecule has 0 aliphatic carbocycles. The monoisotopic (exact) mass is 280 g/mol. The summed E-state index contributed by atoms with van der Waals surface area (Å²) in [6.45, 7) is 3.54. The molecule has 4 nitrogen and oxygen atoms in total. The van der Waals surface area contributed by atoms with E-state index in [0.29, 0.717) is 21.4 Å². The molecule has 0 aromatic carbocycles. The number of nitrogens with zero attached hydrogens (tertiary/aromatic N) is 2. The van der Waals surface area contributed by atoms with Gasteiger partial charge in [-0.1, -0.05) is 0 Å². The fraction of sp³-hybridized carbons (Fsp3) is 0.182. The van der Waals surface area contributed by atoms with E-state index in [9.17, 15) is 4.79 Å². The number of halogens is 1. The molecule has 0 fully saturated rings. The molecule has 82 valence electrons. The van der Waals surface area contributed by atoms with Crippen molar-refractivity contribution >= 4 is 21.7 Å². The number of ketones is 1. The highest BCUT2D eigenvalue weighted by Crippen LogP contribution is 2.22. The van der Waals surface area contributed by atoms with Gasteiger partial charge in [-0.25, -0.2) is 0 Å². The predicted molar refractivity (Wildman–Crippen MR) is 61.3 cm³/mol. The first kappa shape index (κ1) is 11.0. The highest BCUT2D eigenvalue weighted by molar-refractivity contribution is 9.10. The van der Waals surface area contributed by atoms with Crippen molar-refractivity contribution < 1.29 is 9.21 Å². The van der Waals surface area contributed by atoms with Crippen molar-refractivity contribution in [3.63, 3.8) is 0 Å². The summed E-state index contributed by atoms with van der Waals surface area (Å²) in [5.74, 6) is 0.0999. The van der Waals surface area contributed by atoms with Crippen molar-refractivity contribution in [2.45, 2.75) is 13.8 Å². The number of aryl methyl sites for hydroxylation is 2. The van der Waals surface area contributed by atoms with E-state index in [1.54, 1.807) is 26.0 Å². The minimum Gasteiger partial charge on any atom is -0.460 e. The third kappa shape index (κ3) is 1.90. The SMILES string of the molecule is Cc1cc(C(=O)c2occc2Br)c(C)nn1. The average Bonchev–Trinajstić information content (AvgIpc) is 2.67. The summed E-state index contributed by atoms with van der Waals surface area (Å²) in [6.07, 6.45) is 1.47. The van der Waals surface area contributed by atoms with E-state index < -0.39 is 0 Å². The smallest absolute Gasteiger partial charge is 0.231 e. The van der Waals surface area contributed by atoms with Crippen LogP contribution in [0.2, 0.25) is 0 Å². The van der Waals surface area contributed by atoms with Crippen LogP contribution in [0.3, 0.4) is 0 Å². The van der Waals surface area contributed by atoms with E-state index in [0.717, 1.165) is 0 Å². The highest BCUT2D eigenvalue weighted by atomic mass is 79.9. The molecular formula is C11H9BrN2O2. The molecule has 2 rings (SSSR count). The first-order valence-corrected chi connectivity index (χ1v) is 5.47. The lowest BCUT2D eigenvalue weighted by Gasteiger charge is -2.02. The lowest BCUT2D eigenvalue weighted by Crippen LogP contribution is -2.06. The Kier molecular flexibility index (Phi) is 2.87. The number of hydrogen-bond donors (Lipinski definition) is 0. The van der Waals surface area contributed by atoms with Crippen LogP contribution in [-0.4, -0.2) is 16.0 Å². The molecule has 0 saturated heterocycles. The van der Waals surface area contributed by atoms with E-state index in [4.69, 9.17) is 4.42 Å². The first-order valence-electron chi connectivity index (χ1n) is 4.68. The second kappa shape index (κ2) is 4.17. The first-order chi connectivity index (χ1) is 7.59. The van der Waals surface area contributed by atoms with Gasteiger partial charge < -0.3 is 4.42 Å². The van der Waals surface area contributed by atoms with Crippen LogP contribution in [0, 0.1) is 13.8 Å². The molecule has 2 heterocycles. The average molecular weight is 281 g/mol. The third-order valence-electron chi connectivity index (χ3n) is 2.17. The predicted octanol–water partition coefficient (Wildman–Crippen LogP) is 2.68. The van der Waals surface area contributed by atoms with Gasteiger partial charge in [0.05, 0.1) is 27.7 Å².